The van der Waals surface area contributed by atoms with E-state index in [-0.39, 0.29) is 5.97 Å². The standard InChI is InChI=1S/C16H15NO2/c1-12-8-6-7-11-15(12)16(18)19-13(2)17-14-9-4-3-5-10-14/h3-11H,1-2H3. The second-order valence-electron chi connectivity index (χ2n) is 4.17. The first kappa shape index (κ1) is 13.0. The molecule has 0 aromatic heterocycles. The number of para-hydroxylation sites is 1. The van der Waals surface area contributed by atoms with E-state index in [1.807, 2.05) is 55.5 Å². The van der Waals surface area contributed by atoms with E-state index in [0.29, 0.717) is 11.5 Å². The van der Waals surface area contributed by atoms with E-state index in [2.05, 4.69) is 4.99 Å². The van der Waals surface area contributed by atoms with E-state index in [9.17, 15) is 4.79 Å². The molecule has 2 rings (SSSR count). The van der Waals surface area contributed by atoms with Crippen molar-refractivity contribution in [2.45, 2.75) is 13.8 Å². The fourth-order valence-corrected chi connectivity index (χ4v) is 1.70. The minimum absolute atomic E-state index is 0.333. The number of esters is 1. The highest BCUT2D eigenvalue weighted by Gasteiger charge is 2.10. The molecule has 0 saturated carbocycles. The molecule has 0 bridgehead atoms. The molecule has 96 valence electrons. The highest BCUT2D eigenvalue weighted by atomic mass is 16.5. The lowest BCUT2D eigenvalue weighted by Crippen LogP contribution is -2.10. The fraction of sp³-hybridized carbons (Fsp3) is 0.125. The van der Waals surface area contributed by atoms with Gasteiger partial charge >= 0.3 is 5.97 Å². The molecule has 0 amide bonds. The normalized spacial score (nSPS) is 11.2. The van der Waals surface area contributed by atoms with E-state index in [1.54, 1.807) is 13.0 Å². The van der Waals surface area contributed by atoms with Gasteiger partial charge in [-0.2, -0.15) is 0 Å². The van der Waals surface area contributed by atoms with Crippen molar-refractivity contribution in [1.29, 1.82) is 0 Å². The van der Waals surface area contributed by atoms with E-state index in [4.69, 9.17) is 4.74 Å². The average molecular weight is 253 g/mol. The smallest absolute Gasteiger partial charge is 0.344 e. The summed E-state index contributed by atoms with van der Waals surface area (Å²) in [6, 6.07) is 16.7. The van der Waals surface area contributed by atoms with Gasteiger partial charge in [-0.1, -0.05) is 36.4 Å². The van der Waals surface area contributed by atoms with Crippen molar-refractivity contribution in [2.24, 2.45) is 4.99 Å². The van der Waals surface area contributed by atoms with Gasteiger partial charge < -0.3 is 4.74 Å². The summed E-state index contributed by atoms with van der Waals surface area (Å²) >= 11 is 0. The Morgan fingerprint density at radius 1 is 1.00 bits per heavy atom. The van der Waals surface area contributed by atoms with Gasteiger partial charge in [0, 0.05) is 6.92 Å². The highest BCUT2D eigenvalue weighted by molar-refractivity contribution is 5.99. The number of carbonyl (C=O) groups excluding carboxylic acids is 1. The van der Waals surface area contributed by atoms with E-state index < -0.39 is 0 Å². The molecule has 0 saturated heterocycles. The zero-order valence-electron chi connectivity index (χ0n) is 11.0. The summed E-state index contributed by atoms with van der Waals surface area (Å²) in [7, 11) is 0. The Hall–Kier alpha value is -2.42. The third kappa shape index (κ3) is 3.52. The third-order valence-electron chi connectivity index (χ3n) is 2.65. The molecule has 3 heteroatoms. The molecule has 0 fully saturated rings. The number of ether oxygens (including phenoxy) is 1. The Balaban J connectivity index is 2.12. The summed E-state index contributed by atoms with van der Waals surface area (Å²) in [6.07, 6.45) is 0. The number of rotatable bonds is 2. The topological polar surface area (TPSA) is 38.7 Å². The number of aliphatic imine (C=N–C) groups is 1. The van der Waals surface area contributed by atoms with Crippen LogP contribution < -0.4 is 0 Å². The van der Waals surface area contributed by atoms with Crippen LogP contribution >= 0.6 is 0 Å². The molecule has 0 atom stereocenters. The molecule has 0 N–H and O–H groups in total. The van der Waals surface area contributed by atoms with E-state index in [1.165, 1.54) is 0 Å². The van der Waals surface area contributed by atoms with Crippen LogP contribution in [0.25, 0.3) is 0 Å². The van der Waals surface area contributed by atoms with Crippen LogP contribution in [0.1, 0.15) is 22.8 Å². The van der Waals surface area contributed by atoms with Crippen LogP contribution in [0.4, 0.5) is 5.69 Å². The zero-order chi connectivity index (χ0) is 13.7. The monoisotopic (exact) mass is 253 g/mol. The molecule has 0 aliphatic heterocycles. The molecule has 0 spiro atoms. The Bertz CT molecular complexity index is 603. The summed E-state index contributed by atoms with van der Waals surface area (Å²) in [5.41, 5.74) is 2.21. The first-order valence-corrected chi connectivity index (χ1v) is 6.05. The Morgan fingerprint density at radius 3 is 2.32 bits per heavy atom. The van der Waals surface area contributed by atoms with Gasteiger partial charge in [0.05, 0.1) is 11.3 Å². The van der Waals surface area contributed by atoms with Crippen LogP contribution in [0.5, 0.6) is 0 Å². The molecule has 19 heavy (non-hydrogen) atoms. The summed E-state index contributed by atoms with van der Waals surface area (Å²) < 4.78 is 5.23. The molecule has 0 unspecified atom stereocenters. The lowest BCUT2D eigenvalue weighted by Gasteiger charge is -2.05. The predicted octanol–water partition coefficient (Wildman–Crippen LogP) is 3.90. The van der Waals surface area contributed by atoms with Crippen LogP contribution in [0.3, 0.4) is 0 Å². The second-order valence-corrected chi connectivity index (χ2v) is 4.17. The van der Waals surface area contributed by atoms with Crippen molar-refractivity contribution in [2.75, 3.05) is 0 Å². The van der Waals surface area contributed by atoms with Crippen molar-refractivity contribution in [3.63, 3.8) is 0 Å². The Kier molecular flexibility index (Phi) is 4.08. The van der Waals surface area contributed by atoms with Crippen molar-refractivity contribution in [3.05, 3.63) is 65.7 Å². The average Bonchev–Trinajstić information content (AvgIpc) is 2.40. The van der Waals surface area contributed by atoms with Gasteiger partial charge in [-0.3, -0.25) is 0 Å². The van der Waals surface area contributed by atoms with E-state index in [0.717, 1.165) is 11.3 Å². The van der Waals surface area contributed by atoms with Gasteiger partial charge in [0.1, 0.15) is 0 Å². The SMILES string of the molecule is CC(=Nc1ccccc1)OC(=O)c1ccccc1C. The van der Waals surface area contributed by atoms with Gasteiger partial charge in [0.15, 0.2) is 5.90 Å². The van der Waals surface area contributed by atoms with Gasteiger partial charge in [0.2, 0.25) is 0 Å². The zero-order valence-corrected chi connectivity index (χ0v) is 11.0. The quantitative estimate of drug-likeness (QED) is 0.462. The summed E-state index contributed by atoms with van der Waals surface area (Å²) in [5, 5.41) is 0. The summed E-state index contributed by atoms with van der Waals surface area (Å²) in [6.45, 7) is 3.55. The van der Waals surface area contributed by atoms with Crippen LogP contribution in [0.2, 0.25) is 0 Å². The molecule has 3 nitrogen and oxygen atoms in total. The van der Waals surface area contributed by atoms with Crippen molar-refractivity contribution in [1.82, 2.24) is 0 Å². The molecule has 0 aliphatic carbocycles. The fourth-order valence-electron chi connectivity index (χ4n) is 1.70. The molecule has 0 aliphatic rings. The van der Waals surface area contributed by atoms with Gasteiger partial charge in [-0.25, -0.2) is 9.79 Å². The molecule has 2 aromatic rings. The highest BCUT2D eigenvalue weighted by Crippen LogP contribution is 2.12. The Morgan fingerprint density at radius 2 is 1.63 bits per heavy atom. The maximum Gasteiger partial charge on any atom is 0.344 e. The maximum absolute atomic E-state index is 12.0. The van der Waals surface area contributed by atoms with Crippen LogP contribution in [-0.4, -0.2) is 11.9 Å². The summed E-state index contributed by atoms with van der Waals surface area (Å²) in [4.78, 5) is 16.2. The Labute approximate surface area is 112 Å². The number of nitrogens with zero attached hydrogens (tertiary/aromatic N) is 1. The van der Waals surface area contributed by atoms with Crippen LogP contribution in [-0.2, 0) is 4.74 Å². The van der Waals surface area contributed by atoms with Gasteiger partial charge in [-0.05, 0) is 30.7 Å². The minimum atomic E-state index is -0.379. The van der Waals surface area contributed by atoms with Crippen molar-refractivity contribution < 1.29 is 9.53 Å². The molecular formula is C16H15NO2. The maximum atomic E-state index is 12.0. The first-order chi connectivity index (χ1) is 9.16. The minimum Gasteiger partial charge on any atom is -0.408 e. The number of carbonyl (C=O) groups is 1. The molecule has 0 heterocycles. The van der Waals surface area contributed by atoms with Crippen LogP contribution in [0.15, 0.2) is 59.6 Å². The van der Waals surface area contributed by atoms with Crippen molar-refractivity contribution >= 4 is 17.6 Å². The molecular weight excluding hydrogens is 238 g/mol. The third-order valence-corrected chi connectivity index (χ3v) is 2.65. The number of hydrogen-bond acceptors (Lipinski definition) is 3. The number of benzene rings is 2. The lowest BCUT2D eigenvalue weighted by atomic mass is 10.1. The second kappa shape index (κ2) is 5.96. The van der Waals surface area contributed by atoms with Crippen molar-refractivity contribution in [3.8, 4) is 0 Å². The predicted molar refractivity (Wildman–Crippen MR) is 75.8 cm³/mol. The number of hydrogen-bond donors (Lipinski definition) is 0. The molecule has 2 aromatic carbocycles. The van der Waals surface area contributed by atoms with Gasteiger partial charge in [0.25, 0.3) is 0 Å². The lowest BCUT2D eigenvalue weighted by molar-refractivity contribution is 0.0715. The van der Waals surface area contributed by atoms with Gasteiger partial charge in [-0.15, -0.1) is 0 Å². The molecule has 0 radical (unpaired) electrons. The largest absolute Gasteiger partial charge is 0.408 e. The number of aryl methyl sites for hydroxylation is 1. The van der Waals surface area contributed by atoms with Crippen LogP contribution in [0, 0.1) is 6.92 Å². The first-order valence-electron chi connectivity index (χ1n) is 6.05. The summed E-state index contributed by atoms with van der Waals surface area (Å²) in [5.74, 6) is -0.0465. The van der Waals surface area contributed by atoms with E-state index >= 15 is 0 Å².